The number of halogens is 5. The van der Waals surface area contributed by atoms with Gasteiger partial charge in [-0.25, -0.2) is 4.39 Å². The van der Waals surface area contributed by atoms with Crippen LogP contribution in [0.5, 0.6) is 5.75 Å². The van der Waals surface area contributed by atoms with E-state index in [1.807, 2.05) is 0 Å². The maximum atomic E-state index is 12.9. The molecule has 0 N–H and O–H groups in total. The average Bonchev–Trinajstić information content (AvgIpc) is 2.40. The largest absolute Gasteiger partial charge is 0.453 e. The minimum Gasteiger partial charge on any atom is -0.453 e. The Balaban J connectivity index is 2.35. The molecule has 0 aliphatic heterocycles. The van der Waals surface area contributed by atoms with Crippen molar-refractivity contribution < 1.29 is 36.6 Å². The maximum absolute atomic E-state index is 12.9. The van der Waals surface area contributed by atoms with Gasteiger partial charge >= 0.3 is 18.1 Å². The third-order valence-electron chi connectivity index (χ3n) is 2.65. The van der Waals surface area contributed by atoms with Crippen molar-refractivity contribution in [3.8, 4) is 5.75 Å². The van der Waals surface area contributed by atoms with Gasteiger partial charge in [0.05, 0.1) is 4.47 Å². The minimum atomic E-state index is -4.62. The van der Waals surface area contributed by atoms with Crippen LogP contribution in [0.25, 0.3) is 0 Å². The molecule has 1 unspecified atom stereocenters. The fraction of sp³-hybridized carbons (Fsp3) is 0.429. The molecule has 1 aromatic rings. The predicted molar refractivity (Wildman–Crippen MR) is 75.2 cm³/mol. The summed E-state index contributed by atoms with van der Waals surface area (Å²) in [7, 11) is 0. The molecule has 0 spiro atoms. The molecule has 0 bridgehead atoms. The second-order valence-corrected chi connectivity index (χ2v) is 5.43. The number of hydrogen-bond acceptors (Lipinski definition) is 4. The number of rotatable bonds is 6. The number of alkyl halides is 3. The van der Waals surface area contributed by atoms with Crippen LogP contribution in [0.3, 0.4) is 0 Å². The number of carbonyl (C=O) groups is 2. The highest BCUT2D eigenvalue weighted by Crippen LogP contribution is 2.26. The maximum Gasteiger partial charge on any atom is 0.425 e. The van der Waals surface area contributed by atoms with Crippen LogP contribution in [-0.2, 0) is 14.3 Å². The van der Waals surface area contributed by atoms with E-state index < -0.39 is 30.0 Å². The molecule has 0 fully saturated rings. The zero-order chi connectivity index (χ0) is 17.6. The molecule has 23 heavy (non-hydrogen) atoms. The fourth-order valence-electron chi connectivity index (χ4n) is 1.43. The number of ether oxygens (including phenoxy) is 2. The molecular weight excluding hydrogens is 388 g/mol. The standard InChI is InChI=1S/C14H13BrF4O4/c1-8(14(17,18)19)22-12(20)3-2-4-13(21)23-11-6-5-9(16)7-10(11)15/h5-8H,2-4H2,1H3. The molecule has 4 nitrogen and oxygen atoms in total. The van der Waals surface area contributed by atoms with Crippen molar-refractivity contribution in [1.29, 1.82) is 0 Å². The van der Waals surface area contributed by atoms with Crippen LogP contribution >= 0.6 is 15.9 Å². The van der Waals surface area contributed by atoms with Gasteiger partial charge in [0.2, 0.25) is 0 Å². The van der Waals surface area contributed by atoms with E-state index in [9.17, 15) is 27.2 Å². The smallest absolute Gasteiger partial charge is 0.425 e. The van der Waals surface area contributed by atoms with Gasteiger partial charge in [-0.15, -0.1) is 0 Å². The lowest BCUT2D eigenvalue weighted by molar-refractivity contribution is -0.216. The second-order valence-electron chi connectivity index (χ2n) is 4.58. The summed E-state index contributed by atoms with van der Waals surface area (Å²) in [6.07, 6.45) is -7.39. The summed E-state index contributed by atoms with van der Waals surface area (Å²) in [6.45, 7) is 0.720. The number of benzene rings is 1. The van der Waals surface area contributed by atoms with Gasteiger partial charge in [0, 0.05) is 12.8 Å². The lowest BCUT2D eigenvalue weighted by Crippen LogP contribution is -2.30. The van der Waals surface area contributed by atoms with Crippen LogP contribution in [0, 0.1) is 5.82 Å². The van der Waals surface area contributed by atoms with E-state index in [4.69, 9.17) is 4.74 Å². The van der Waals surface area contributed by atoms with Gasteiger partial charge in [0.25, 0.3) is 0 Å². The molecule has 0 saturated heterocycles. The van der Waals surface area contributed by atoms with Crippen molar-refractivity contribution in [2.45, 2.75) is 38.5 Å². The molecule has 0 radical (unpaired) electrons. The third kappa shape index (κ3) is 6.98. The molecular formula is C14H13BrF4O4. The minimum absolute atomic E-state index is 0.0267. The Morgan fingerprint density at radius 1 is 1.22 bits per heavy atom. The molecule has 1 aromatic carbocycles. The highest BCUT2D eigenvalue weighted by atomic mass is 79.9. The SMILES string of the molecule is CC(OC(=O)CCCC(=O)Oc1ccc(F)cc1Br)C(F)(F)F. The van der Waals surface area contributed by atoms with Crippen molar-refractivity contribution in [2.24, 2.45) is 0 Å². The van der Waals surface area contributed by atoms with Crippen molar-refractivity contribution >= 4 is 27.9 Å². The first kappa shape index (κ1) is 19.4. The first-order valence-electron chi connectivity index (χ1n) is 6.51. The summed E-state index contributed by atoms with van der Waals surface area (Å²) in [5.74, 6) is -2.16. The van der Waals surface area contributed by atoms with Crippen molar-refractivity contribution in [3.63, 3.8) is 0 Å². The Kier molecular flexibility index (Phi) is 6.99. The second kappa shape index (κ2) is 8.28. The van der Waals surface area contributed by atoms with Crippen molar-refractivity contribution in [3.05, 3.63) is 28.5 Å². The first-order valence-corrected chi connectivity index (χ1v) is 7.31. The summed E-state index contributed by atoms with van der Waals surface area (Å²) in [5, 5.41) is 0. The van der Waals surface area contributed by atoms with Gasteiger partial charge in [0.1, 0.15) is 11.6 Å². The normalized spacial score (nSPS) is 12.6. The summed E-state index contributed by atoms with van der Waals surface area (Å²) < 4.78 is 58.8. The summed E-state index contributed by atoms with van der Waals surface area (Å²) >= 11 is 3.01. The summed E-state index contributed by atoms with van der Waals surface area (Å²) in [4.78, 5) is 22.8. The van der Waals surface area contributed by atoms with Crippen molar-refractivity contribution in [1.82, 2.24) is 0 Å². The lowest BCUT2D eigenvalue weighted by Gasteiger charge is -2.16. The lowest BCUT2D eigenvalue weighted by atomic mass is 10.2. The Labute approximate surface area is 137 Å². The van der Waals surface area contributed by atoms with E-state index in [0.29, 0.717) is 0 Å². The average molecular weight is 401 g/mol. The Bertz CT molecular complexity index is 574. The van der Waals surface area contributed by atoms with Crippen LogP contribution in [0.1, 0.15) is 26.2 Å². The zero-order valence-corrected chi connectivity index (χ0v) is 13.5. The van der Waals surface area contributed by atoms with Gasteiger partial charge < -0.3 is 9.47 Å². The highest BCUT2D eigenvalue weighted by Gasteiger charge is 2.38. The molecule has 9 heteroatoms. The molecule has 1 atom stereocenters. The van der Waals surface area contributed by atoms with E-state index in [2.05, 4.69) is 20.7 Å². The van der Waals surface area contributed by atoms with Crippen LogP contribution in [-0.4, -0.2) is 24.2 Å². The van der Waals surface area contributed by atoms with E-state index >= 15 is 0 Å². The fourth-order valence-corrected chi connectivity index (χ4v) is 1.86. The number of hydrogen-bond donors (Lipinski definition) is 0. The Hall–Kier alpha value is -1.64. The molecule has 0 amide bonds. The van der Waals surface area contributed by atoms with Gasteiger partial charge in [-0.05, 0) is 47.5 Å². The Morgan fingerprint density at radius 3 is 2.39 bits per heavy atom. The zero-order valence-electron chi connectivity index (χ0n) is 12.0. The van der Waals surface area contributed by atoms with Gasteiger partial charge in [-0.1, -0.05) is 0 Å². The summed E-state index contributed by atoms with van der Waals surface area (Å²) in [5.41, 5.74) is 0. The Morgan fingerprint density at radius 2 is 1.83 bits per heavy atom. The van der Waals surface area contributed by atoms with Gasteiger partial charge in [0.15, 0.2) is 6.10 Å². The van der Waals surface area contributed by atoms with E-state index in [-0.39, 0.29) is 29.5 Å². The monoisotopic (exact) mass is 400 g/mol. The first-order chi connectivity index (χ1) is 10.6. The third-order valence-corrected chi connectivity index (χ3v) is 3.27. The van der Waals surface area contributed by atoms with E-state index in [1.165, 1.54) is 6.07 Å². The molecule has 1 rings (SSSR count). The molecule has 0 aromatic heterocycles. The van der Waals surface area contributed by atoms with E-state index in [0.717, 1.165) is 19.1 Å². The van der Waals surface area contributed by atoms with Crippen molar-refractivity contribution in [2.75, 3.05) is 0 Å². The van der Waals surface area contributed by atoms with Crippen LogP contribution < -0.4 is 4.74 Å². The van der Waals surface area contributed by atoms with Crippen LogP contribution in [0.4, 0.5) is 17.6 Å². The number of carbonyl (C=O) groups excluding carboxylic acids is 2. The molecule has 0 aliphatic rings. The quantitative estimate of drug-likeness (QED) is 0.408. The number of esters is 2. The predicted octanol–water partition coefficient (Wildman–Crippen LogP) is 4.16. The molecule has 0 heterocycles. The van der Waals surface area contributed by atoms with E-state index in [1.54, 1.807) is 0 Å². The van der Waals surface area contributed by atoms with Crippen LogP contribution in [0.2, 0.25) is 0 Å². The van der Waals surface area contributed by atoms with Gasteiger partial charge in [-0.2, -0.15) is 13.2 Å². The highest BCUT2D eigenvalue weighted by molar-refractivity contribution is 9.10. The van der Waals surface area contributed by atoms with Crippen LogP contribution in [0.15, 0.2) is 22.7 Å². The molecule has 128 valence electrons. The van der Waals surface area contributed by atoms with Gasteiger partial charge in [-0.3, -0.25) is 9.59 Å². The topological polar surface area (TPSA) is 52.6 Å². The summed E-state index contributed by atoms with van der Waals surface area (Å²) in [6, 6.07) is 3.46. The molecule has 0 saturated carbocycles. The molecule has 0 aliphatic carbocycles.